The Balaban J connectivity index is 5.75. The second kappa shape index (κ2) is 5.99. The number of oxime groups is 1. The first-order valence-corrected chi connectivity index (χ1v) is 7.04. The van der Waals surface area contributed by atoms with Gasteiger partial charge in [0.25, 0.3) is 0 Å². The van der Waals surface area contributed by atoms with Crippen LogP contribution in [0.25, 0.3) is 0 Å². The van der Waals surface area contributed by atoms with E-state index in [1.165, 1.54) is 13.1 Å². The molecule has 0 aliphatic heterocycles. The molecule has 0 spiro atoms. The number of nitrogens with one attached hydrogen (secondary N) is 1. The fourth-order valence-corrected chi connectivity index (χ4v) is 2.99. The molecular weight excluding hydrogens is 256 g/mol. The number of amides is 1. The van der Waals surface area contributed by atoms with Crippen molar-refractivity contribution in [1.29, 1.82) is 0 Å². The van der Waals surface area contributed by atoms with Gasteiger partial charge in [0.1, 0.15) is 0 Å². The highest BCUT2D eigenvalue weighted by Crippen LogP contribution is 2.29. The van der Waals surface area contributed by atoms with Gasteiger partial charge in [0, 0.05) is 7.05 Å². The highest BCUT2D eigenvalue weighted by Gasteiger charge is 2.41. The molecule has 0 saturated heterocycles. The summed E-state index contributed by atoms with van der Waals surface area (Å²) in [4.78, 5) is 11.8. The van der Waals surface area contributed by atoms with E-state index in [2.05, 4.69) is 17.1 Å². The normalized spacial score (nSPS) is 15.0. The van der Waals surface area contributed by atoms with Crippen LogP contribution in [0.3, 0.4) is 0 Å². The van der Waals surface area contributed by atoms with Gasteiger partial charge in [-0.1, -0.05) is 32.0 Å². The highest BCUT2D eigenvalue weighted by atomic mass is 32.2. The van der Waals surface area contributed by atoms with Crippen molar-refractivity contribution in [3.8, 4) is 0 Å². The Morgan fingerprint density at radius 2 is 2.00 bits per heavy atom. The van der Waals surface area contributed by atoms with Gasteiger partial charge in [-0.15, -0.1) is 6.58 Å². The summed E-state index contributed by atoms with van der Waals surface area (Å²) in [5.74, 6) is -1.95. The number of sulfone groups is 1. The van der Waals surface area contributed by atoms with E-state index < -0.39 is 32.1 Å². The number of hydrogen-bond donors (Lipinski definition) is 2. The molecule has 1 amide bonds. The van der Waals surface area contributed by atoms with Gasteiger partial charge in [0.05, 0.1) is 11.7 Å². The minimum absolute atomic E-state index is 0.379. The molecule has 0 aliphatic rings. The molecule has 7 heteroatoms. The Hall–Kier alpha value is -1.37. The SMILES string of the molecule is C=CCS(=O)(=O)C(=NO)C(C(=O)NC)C(C)(C)C. The maximum Gasteiger partial charge on any atom is 0.230 e. The minimum Gasteiger partial charge on any atom is -0.410 e. The molecule has 18 heavy (non-hydrogen) atoms. The Labute approximate surface area is 108 Å². The van der Waals surface area contributed by atoms with Crippen LogP contribution in [0.4, 0.5) is 0 Å². The fraction of sp³-hybridized carbons (Fsp3) is 0.636. The van der Waals surface area contributed by atoms with E-state index in [-0.39, 0.29) is 5.75 Å². The lowest BCUT2D eigenvalue weighted by atomic mass is 9.80. The van der Waals surface area contributed by atoms with E-state index >= 15 is 0 Å². The number of hydrogen-bond acceptors (Lipinski definition) is 5. The van der Waals surface area contributed by atoms with Gasteiger partial charge in [0.15, 0.2) is 14.9 Å². The maximum absolute atomic E-state index is 11.9. The second-order valence-electron chi connectivity index (χ2n) is 4.92. The molecule has 0 fully saturated rings. The largest absolute Gasteiger partial charge is 0.410 e. The van der Waals surface area contributed by atoms with Gasteiger partial charge in [-0.05, 0) is 5.41 Å². The molecule has 1 unspecified atom stereocenters. The topological polar surface area (TPSA) is 95.8 Å². The van der Waals surface area contributed by atoms with Crippen molar-refractivity contribution in [3.05, 3.63) is 12.7 Å². The van der Waals surface area contributed by atoms with Crippen molar-refractivity contribution in [2.75, 3.05) is 12.8 Å². The van der Waals surface area contributed by atoms with E-state index in [0.717, 1.165) is 0 Å². The van der Waals surface area contributed by atoms with Crippen molar-refractivity contribution >= 4 is 20.8 Å². The molecule has 0 saturated carbocycles. The molecule has 0 aromatic carbocycles. The zero-order chi connectivity index (χ0) is 14.6. The molecule has 2 N–H and O–H groups in total. The lowest BCUT2D eigenvalue weighted by molar-refractivity contribution is -0.124. The van der Waals surface area contributed by atoms with Crippen LogP contribution in [0, 0.1) is 11.3 Å². The molecule has 1 atom stereocenters. The molecule has 0 aromatic heterocycles. The molecular formula is C11H20N2O4S. The first-order valence-electron chi connectivity index (χ1n) is 5.39. The van der Waals surface area contributed by atoms with E-state index in [1.807, 2.05) is 0 Å². The second-order valence-corrected chi connectivity index (χ2v) is 6.90. The van der Waals surface area contributed by atoms with Gasteiger partial charge in [0.2, 0.25) is 5.91 Å². The summed E-state index contributed by atoms with van der Waals surface area (Å²) in [7, 11) is -2.44. The van der Waals surface area contributed by atoms with Crippen molar-refractivity contribution in [2.24, 2.45) is 16.5 Å². The zero-order valence-corrected chi connectivity index (χ0v) is 11.9. The Morgan fingerprint density at radius 1 is 1.50 bits per heavy atom. The molecule has 0 radical (unpaired) electrons. The summed E-state index contributed by atoms with van der Waals surface area (Å²) in [6.45, 7) is 8.42. The fourth-order valence-electron chi connectivity index (χ4n) is 1.56. The molecule has 0 rings (SSSR count). The summed E-state index contributed by atoms with van der Waals surface area (Å²) < 4.78 is 23.9. The minimum atomic E-state index is -3.84. The smallest absolute Gasteiger partial charge is 0.230 e. The summed E-state index contributed by atoms with van der Waals surface area (Å²) in [5.41, 5.74) is -0.699. The first kappa shape index (κ1) is 16.6. The standard InChI is InChI=1S/C11H20N2O4S/c1-6-7-18(16,17)10(13-15)8(9(14)12-5)11(2,3)4/h6,8,15H,1,7H2,2-5H3,(H,12,14). The summed E-state index contributed by atoms with van der Waals surface area (Å²) >= 11 is 0. The highest BCUT2D eigenvalue weighted by molar-refractivity contribution is 8.06. The third-order valence-electron chi connectivity index (χ3n) is 2.38. The van der Waals surface area contributed by atoms with E-state index in [0.29, 0.717) is 0 Å². The Morgan fingerprint density at radius 3 is 2.28 bits per heavy atom. The van der Waals surface area contributed by atoms with Crippen LogP contribution in [0.1, 0.15) is 20.8 Å². The molecule has 104 valence electrons. The maximum atomic E-state index is 11.9. The molecule has 0 bridgehead atoms. The van der Waals surface area contributed by atoms with Crippen molar-refractivity contribution in [3.63, 3.8) is 0 Å². The predicted molar refractivity (Wildman–Crippen MR) is 70.2 cm³/mol. The quantitative estimate of drug-likeness (QED) is 0.261. The van der Waals surface area contributed by atoms with Crippen molar-refractivity contribution < 1.29 is 18.4 Å². The molecule has 6 nitrogen and oxygen atoms in total. The Kier molecular flexibility index (Phi) is 5.54. The number of carbonyl (C=O) groups excluding carboxylic acids is 1. The number of carbonyl (C=O) groups is 1. The molecule has 0 aliphatic carbocycles. The Bertz CT molecular complexity index is 446. The van der Waals surface area contributed by atoms with Crippen molar-refractivity contribution in [2.45, 2.75) is 20.8 Å². The lowest BCUT2D eigenvalue weighted by Gasteiger charge is -2.28. The van der Waals surface area contributed by atoms with E-state index in [9.17, 15) is 13.2 Å². The van der Waals surface area contributed by atoms with Crippen LogP contribution < -0.4 is 5.32 Å². The van der Waals surface area contributed by atoms with Crippen LogP contribution >= 0.6 is 0 Å². The van der Waals surface area contributed by atoms with Crippen LogP contribution in [-0.2, 0) is 14.6 Å². The summed E-state index contributed by atoms with van der Waals surface area (Å²) in [5, 5.41) is 13.6. The molecule has 0 aromatic rings. The van der Waals surface area contributed by atoms with Gasteiger partial charge in [-0.25, -0.2) is 8.42 Å². The third-order valence-corrected chi connectivity index (χ3v) is 4.01. The van der Waals surface area contributed by atoms with Crippen LogP contribution in [0.5, 0.6) is 0 Å². The zero-order valence-electron chi connectivity index (χ0n) is 11.1. The lowest BCUT2D eigenvalue weighted by Crippen LogP contribution is -2.44. The summed E-state index contributed by atoms with van der Waals surface area (Å²) in [6.07, 6.45) is 1.18. The van der Waals surface area contributed by atoms with Crippen LogP contribution in [0.15, 0.2) is 17.8 Å². The van der Waals surface area contributed by atoms with E-state index in [4.69, 9.17) is 5.21 Å². The monoisotopic (exact) mass is 276 g/mol. The summed E-state index contributed by atoms with van der Waals surface area (Å²) in [6, 6.07) is 0. The van der Waals surface area contributed by atoms with Crippen molar-refractivity contribution in [1.82, 2.24) is 5.32 Å². The third kappa shape index (κ3) is 3.83. The first-order chi connectivity index (χ1) is 8.11. The number of nitrogens with zero attached hydrogens (tertiary/aromatic N) is 1. The predicted octanol–water partition coefficient (Wildman–Crippen LogP) is 0.783. The molecule has 0 heterocycles. The van der Waals surface area contributed by atoms with Crippen LogP contribution in [0.2, 0.25) is 0 Å². The number of rotatable bonds is 4. The van der Waals surface area contributed by atoms with Gasteiger partial charge < -0.3 is 10.5 Å². The van der Waals surface area contributed by atoms with Gasteiger partial charge in [-0.2, -0.15) is 0 Å². The average Bonchev–Trinajstić information content (AvgIpc) is 2.22. The van der Waals surface area contributed by atoms with Gasteiger partial charge in [-0.3, -0.25) is 4.79 Å². The van der Waals surface area contributed by atoms with E-state index in [1.54, 1.807) is 20.8 Å². The van der Waals surface area contributed by atoms with Crippen LogP contribution in [-0.4, -0.2) is 37.4 Å². The van der Waals surface area contributed by atoms with Gasteiger partial charge >= 0.3 is 0 Å². The average molecular weight is 276 g/mol.